The first-order valence-corrected chi connectivity index (χ1v) is 8.42. The largest absolute Gasteiger partial charge is 0.481 e. The highest BCUT2D eigenvalue weighted by molar-refractivity contribution is 5.71. The Hall–Kier alpha value is -3.28. The Morgan fingerprint density at radius 3 is 2.85 bits per heavy atom. The predicted octanol–water partition coefficient (Wildman–Crippen LogP) is 2.89. The lowest BCUT2D eigenvalue weighted by molar-refractivity contribution is 0.284. The number of aliphatic imine (C=N–C) groups is 1. The van der Waals surface area contributed by atoms with E-state index in [0.717, 1.165) is 12.0 Å². The van der Waals surface area contributed by atoms with E-state index in [1.807, 2.05) is 24.4 Å². The Morgan fingerprint density at radius 2 is 2.04 bits per heavy atom. The van der Waals surface area contributed by atoms with Crippen molar-refractivity contribution in [2.45, 2.75) is 18.9 Å². The van der Waals surface area contributed by atoms with Crippen molar-refractivity contribution in [2.24, 2.45) is 4.99 Å². The van der Waals surface area contributed by atoms with Crippen LogP contribution in [0.25, 0.3) is 11.0 Å². The van der Waals surface area contributed by atoms with Gasteiger partial charge in [-0.1, -0.05) is 24.3 Å². The highest BCUT2D eigenvalue weighted by Gasteiger charge is 2.13. The molecule has 0 spiro atoms. The van der Waals surface area contributed by atoms with Crippen molar-refractivity contribution in [1.82, 2.24) is 14.5 Å². The van der Waals surface area contributed by atoms with E-state index >= 15 is 0 Å². The van der Waals surface area contributed by atoms with Crippen LogP contribution in [0.5, 0.6) is 0 Å². The molecule has 1 aliphatic rings. The molecule has 1 unspecified atom stereocenters. The Kier molecular flexibility index (Phi) is 4.31. The summed E-state index contributed by atoms with van der Waals surface area (Å²) in [5.41, 5.74) is 3.11. The minimum Gasteiger partial charge on any atom is -0.481 e. The molecule has 0 amide bonds. The Morgan fingerprint density at radius 1 is 1.19 bits per heavy atom. The van der Waals surface area contributed by atoms with Gasteiger partial charge in [-0.3, -0.25) is 9.36 Å². The topological polar surface area (TPSA) is 69.4 Å². The van der Waals surface area contributed by atoms with Crippen molar-refractivity contribution < 1.29 is 4.74 Å². The van der Waals surface area contributed by atoms with Crippen LogP contribution < -0.4 is 5.56 Å². The fourth-order valence-corrected chi connectivity index (χ4v) is 3.06. The van der Waals surface area contributed by atoms with Crippen LogP contribution in [0.2, 0.25) is 0 Å². The minimum absolute atomic E-state index is 0.129. The van der Waals surface area contributed by atoms with Crippen molar-refractivity contribution in [1.29, 1.82) is 0 Å². The first kappa shape index (κ1) is 16.2. The van der Waals surface area contributed by atoms with Gasteiger partial charge in [0.1, 0.15) is 0 Å². The second kappa shape index (κ2) is 6.92. The van der Waals surface area contributed by atoms with Gasteiger partial charge < -0.3 is 4.74 Å². The van der Waals surface area contributed by atoms with Crippen LogP contribution in [0.1, 0.15) is 23.5 Å². The van der Waals surface area contributed by atoms with Crippen molar-refractivity contribution in [3.05, 3.63) is 82.4 Å². The molecular weight excluding hydrogens is 328 g/mol. The molecule has 2 aromatic heterocycles. The Bertz CT molecular complexity index is 1050. The van der Waals surface area contributed by atoms with E-state index in [2.05, 4.69) is 27.1 Å². The molecule has 0 radical (unpaired) electrons. The summed E-state index contributed by atoms with van der Waals surface area (Å²) in [7, 11) is 1.62. The maximum Gasteiger partial charge on any atom is 0.280 e. The summed E-state index contributed by atoms with van der Waals surface area (Å²) in [6.07, 6.45) is 7.94. The molecule has 1 atom stereocenters. The molecular formula is C20H18N4O2. The highest BCUT2D eigenvalue weighted by Crippen LogP contribution is 2.25. The summed E-state index contributed by atoms with van der Waals surface area (Å²) in [5.74, 6) is 0.900. The molecule has 4 rings (SSSR count). The van der Waals surface area contributed by atoms with Gasteiger partial charge in [-0.05, 0) is 35.8 Å². The maximum atomic E-state index is 12.5. The lowest BCUT2D eigenvalue weighted by Gasteiger charge is -2.16. The van der Waals surface area contributed by atoms with E-state index < -0.39 is 0 Å². The van der Waals surface area contributed by atoms with Crippen LogP contribution in [0, 0.1) is 0 Å². The Labute approximate surface area is 150 Å². The second-order valence-corrected chi connectivity index (χ2v) is 6.15. The normalized spacial score (nSPS) is 16.5. The second-order valence-electron chi connectivity index (χ2n) is 6.15. The number of methoxy groups -OCH3 is 1. The monoisotopic (exact) mass is 346 g/mol. The van der Waals surface area contributed by atoms with Gasteiger partial charge in [0.25, 0.3) is 5.56 Å². The van der Waals surface area contributed by atoms with Crippen LogP contribution in [-0.2, 0) is 11.3 Å². The van der Waals surface area contributed by atoms with E-state index in [1.165, 1.54) is 5.56 Å². The molecule has 26 heavy (non-hydrogen) atoms. The van der Waals surface area contributed by atoms with Crippen molar-refractivity contribution >= 4 is 17.2 Å². The maximum absolute atomic E-state index is 12.5. The van der Waals surface area contributed by atoms with Gasteiger partial charge in [-0.2, -0.15) is 0 Å². The number of pyridine rings is 1. The van der Waals surface area contributed by atoms with Crippen molar-refractivity contribution in [3.8, 4) is 0 Å². The summed E-state index contributed by atoms with van der Waals surface area (Å²) in [6, 6.07) is 11.8. The third kappa shape index (κ3) is 3.13. The summed E-state index contributed by atoms with van der Waals surface area (Å²) in [4.78, 5) is 25.2. The molecule has 130 valence electrons. The average molecular weight is 346 g/mol. The number of nitrogens with zero attached hydrogens (tertiary/aromatic N) is 4. The number of allylic oxidation sites excluding steroid dienone is 1. The number of hydrogen-bond donors (Lipinski definition) is 0. The Balaban J connectivity index is 1.57. The summed E-state index contributed by atoms with van der Waals surface area (Å²) in [5, 5.41) is 0. The fourth-order valence-electron chi connectivity index (χ4n) is 3.06. The highest BCUT2D eigenvalue weighted by atomic mass is 16.5. The number of ether oxygens (including phenoxy) is 1. The van der Waals surface area contributed by atoms with Gasteiger partial charge in [0.15, 0.2) is 5.52 Å². The zero-order chi connectivity index (χ0) is 17.9. The van der Waals surface area contributed by atoms with E-state index in [4.69, 9.17) is 4.74 Å². The lowest BCUT2D eigenvalue weighted by Crippen LogP contribution is -2.21. The van der Waals surface area contributed by atoms with Crippen molar-refractivity contribution in [3.63, 3.8) is 0 Å². The zero-order valence-electron chi connectivity index (χ0n) is 14.4. The molecule has 3 heterocycles. The molecule has 0 saturated heterocycles. The van der Waals surface area contributed by atoms with E-state index in [1.54, 1.807) is 36.3 Å². The van der Waals surface area contributed by atoms with Gasteiger partial charge in [-0.25, -0.2) is 15.0 Å². The fraction of sp³-hybridized carbons (Fsp3) is 0.200. The molecule has 6 nitrogen and oxygen atoms in total. The first-order chi connectivity index (χ1) is 12.7. The molecule has 0 saturated carbocycles. The molecule has 3 aromatic rings. The molecule has 0 bridgehead atoms. The summed E-state index contributed by atoms with van der Waals surface area (Å²) < 4.78 is 6.79. The number of benzene rings is 1. The molecule has 1 aliphatic heterocycles. The summed E-state index contributed by atoms with van der Waals surface area (Å²) >= 11 is 0. The van der Waals surface area contributed by atoms with E-state index in [-0.39, 0.29) is 11.5 Å². The minimum atomic E-state index is -0.129. The molecule has 6 heteroatoms. The van der Waals surface area contributed by atoms with Crippen LogP contribution >= 0.6 is 0 Å². The molecule has 0 aliphatic carbocycles. The standard InChI is InChI=1S/C20H18N4O2/c1-26-18-11-16(8-10-21-18)15-6-4-14(5-7-15)12-24-13-23-17-3-2-9-22-19(17)20(24)25/h2-7,9-11,13,16H,8,12H2,1H3. The van der Waals surface area contributed by atoms with Crippen LogP contribution in [0.15, 0.2) is 70.7 Å². The van der Waals surface area contributed by atoms with Gasteiger partial charge >= 0.3 is 0 Å². The third-order valence-electron chi connectivity index (χ3n) is 4.48. The van der Waals surface area contributed by atoms with Gasteiger partial charge in [0.2, 0.25) is 5.88 Å². The number of aromatic nitrogens is 3. The smallest absolute Gasteiger partial charge is 0.280 e. The van der Waals surface area contributed by atoms with Crippen LogP contribution in [-0.4, -0.2) is 27.9 Å². The van der Waals surface area contributed by atoms with Crippen LogP contribution in [0.3, 0.4) is 0 Å². The van der Waals surface area contributed by atoms with Crippen molar-refractivity contribution in [2.75, 3.05) is 7.11 Å². The predicted molar refractivity (Wildman–Crippen MR) is 100 cm³/mol. The summed E-state index contributed by atoms with van der Waals surface area (Å²) in [6.45, 7) is 0.462. The molecule has 0 fully saturated rings. The molecule has 1 aromatic carbocycles. The lowest BCUT2D eigenvalue weighted by atomic mass is 9.94. The first-order valence-electron chi connectivity index (χ1n) is 8.42. The number of fused-ring (bicyclic) bond motifs is 1. The van der Waals surface area contributed by atoms with Gasteiger partial charge in [0.05, 0.1) is 25.5 Å². The third-order valence-corrected chi connectivity index (χ3v) is 4.48. The number of rotatable bonds is 4. The molecule has 0 N–H and O–H groups in total. The number of hydrogen-bond acceptors (Lipinski definition) is 5. The van der Waals surface area contributed by atoms with Gasteiger partial charge in [-0.15, -0.1) is 0 Å². The SMILES string of the molecule is COC1=CC(c2ccc(Cn3cnc4cccnc4c3=O)cc2)CC=N1. The van der Waals surface area contributed by atoms with E-state index in [9.17, 15) is 4.79 Å². The zero-order valence-corrected chi connectivity index (χ0v) is 14.4. The van der Waals surface area contributed by atoms with Crippen LogP contribution in [0.4, 0.5) is 0 Å². The van der Waals surface area contributed by atoms with E-state index in [0.29, 0.717) is 23.5 Å². The quantitative estimate of drug-likeness (QED) is 0.728. The van der Waals surface area contributed by atoms with Gasteiger partial charge in [0, 0.05) is 18.3 Å². The average Bonchev–Trinajstić information content (AvgIpc) is 2.71.